The summed E-state index contributed by atoms with van der Waals surface area (Å²) in [7, 11) is 0. The van der Waals surface area contributed by atoms with E-state index in [0.29, 0.717) is 42.0 Å². The molecule has 0 unspecified atom stereocenters. The fraction of sp³-hybridized carbons (Fsp3) is 0.640. The van der Waals surface area contributed by atoms with Crippen LogP contribution in [0.1, 0.15) is 61.7 Å². The van der Waals surface area contributed by atoms with Crippen LogP contribution in [0.2, 0.25) is 5.02 Å². The Morgan fingerprint density at radius 3 is 2.50 bits per heavy atom. The molecule has 0 radical (unpaired) electrons. The van der Waals surface area contributed by atoms with Crippen molar-refractivity contribution >= 4 is 29.2 Å². The van der Waals surface area contributed by atoms with Gasteiger partial charge in [0.1, 0.15) is 12.4 Å². The van der Waals surface area contributed by atoms with Crippen LogP contribution in [0, 0.1) is 0 Å². The number of rotatable bonds is 7. The minimum atomic E-state index is -4.69. The molecule has 1 heterocycles. The standard InChI is InChI=1S/C25H28ClF3N2O7/c26-13-1-2-18-16(7-13)17(32)10-19(37-18)22(35)31-23-3-5-24(6-4-23,20(33)11-23)30-21(34)12-36-14-8-15(9-14)38-25(27,28)29/h1-2,7,14-15,19-20,33H,3-6,8-12H2,(H,30,34)(H,31,35)/t14?,15?,19-,20+,23?,24?/m1/s1. The number of Topliss-reactive ketones (excluding diaryl/α,β-unsaturated/α-hetero) is 1. The van der Waals surface area contributed by atoms with E-state index >= 15 is 0 Å². The van der Waals surface area contributed by atoms with Crippen LogP contribution in [0.15, 0.2) is 18.2 Å². The van der Waals surface area contributed by atoms with Crippen molar-refractivity contribution in [3.63, 3.8) is 0 Å². The molecule has 2 atom stereocenters. The number of ether oxygens (including phenoxy) is 3. The van der Waals surface area contributed by atoms with Gasteiger partial charge in [-0.3, -0.25) is 19.1 Å². The summed E-state index contributed by atoms with van der Waals surface area (Å²) in [6.45, 7) is -0.334. The van der Waals surface area contributed by atoms with Crippen LogP contribution in [-0.4, -0.2) is 71.2 Å². The van der Waals surface area contributed by atoms with Crippen molar-refractivity contribution in [1.29, 1.82) is 0 Å². The topological polar surface area (TPSA) is 123 Å². The van der Waals surface area contributed by atoms with Gasteiger partial charge in [0.05, 0.1) is 35.8 Å². The Morgan fingerprint density at radius 1 is 1.13 bits per heavy atom. The number of carbonyl (C=O) groups excluding carboxylic acids is 3. The molecule has 4 saturated carbocycles. The maximum absolute atomic E-state index is 13.1. The summed E-state index contributed by atoms with van der Waals surface area (Å²) in [5.74, 6) is -0.848. The Hall–Kier alpha value is -2.41. The van der Waals surface area contributed by atoms with Crippen LogP contribution in [0.25, 0.3) is 0 Å². The molecular formula is C25H28ClF3N2O7. The summed E-state index contributed by atoms with van der Waals surface area (Å²) in [5, 5.41) is 17.2. The zero-order valence-electron chi connectivity index (χ0n) is 20.3. The van der Waals surface area contributed by atoms with Gasteiger partial charge in [0.2, 0.25) is 5.91 Å². The normalized spacial score (nSPS) is 34.1. The molecule has 1 aliphatic heterocycles. The molecule has 1 aromatic carbocycles. The molecule has 5 aliphatic rings. The van der Waals surface area contributed by atoms with E-state index in [2.05, 4.69) is 15.4 Å². The SMILES string of the molecule is O=C(COC1CC(OC(F)(F)F)C1)NC12CCC(NC(=O)[C@H]3CC(=O)c4cc(Cl)ccc4O3)(CC1)C[C@@H]2O. The molecule has 208 valence electrons. The Labute approximate surface area is 221 Å². The highest BCUT2D eigenvalue weighted by Gasteiger charge is 2.56. The predicted octanol–water partition coefficient (Wildman–Crippen LogP) is 2.81. The molecular weight excluding hydrogens is 533 g/mol. The Kier molecular flexibility index (Phi) is 7.12. The highest BCUT2D eigenvalue weighted by molar-refractivity contribution is 6.31. The lowest BCUT2D eigenvalue weighted by molar-refractivity contribution is -0.357. The van der Waals surface area contributed by atoms with Gasteiger partial charge in [-0.2, -0.15) is 0 Å². The first kappa shape index (κ1) is 27.2. The van der Waals surface area contributed by atoms with E-state index in [1.165, 1.54) is 6.07 Å². The summed E-state index contributed by atoms with van der Waals surface area (Å²) >= 11 is 5.95. The number of ketones is 1. The molecule has 0 spiro atoms. The second-order valence-corrected chi connectivity index (χ2v) is 11.1. The molecule has 2 bridgehead atoms. The van der Waals surface area contributed by atoms with Crippen molar-refractivity contribution in [3.8, 4) is 5.75 Å². The second kappa shape index (κ2) is 9.96. The number of alkyl halides is 3. The van der Waals surface area contributed by atoms with Gasteiger partial charge >= 0.3 is 6.36 Å². The smallest absolute Gasteiger partial charge is 0.479 e. The molecule has 9 nitrogen and oxygen atoms in total. The summed E-state index contributed by atoms with van der Waals surface area (Å²) in [5.41, 5.74) is -1.23. The summed E-state index contributed by atoms with van der Waals surface area (Å²) < 4.78 is 51.8. The van der Waals surface area contributed by atoms with Gasteiger partial charge in [-0.05, 0) is 50.3 Å². The zero-order valence-corrected chi connectivity index (χ0v) is 21.1. The van der Waals surface area contributed by atoms with Gasteiger partial charge in [0.25, 0.3) is 5.91 Å². The number of hydrogen-bond acceptors (Lipinski definition) is 7. The van der Waals surface area contributed by atoms with Crippen molar-refractivity contribution in [2.24, 2.45) is 0 Å². The van der Waals surface area contributed by atoms with Crippen molar-refractivity contribution < 1.29 is 46.9 Å². The third-order valence-corrected chi connectivity index (χ3v) is 8.31. The van der Waals surface area contributed by atoms with Gasteiger partial charge in [-0.25, -0.2) is 0 Å². The molecule has 0 saturated heterocycles. The average Bonchev–Trinajstić information content (AvgIpc) is 2.81. The van der Waals surface area contributed by atoms with Crippen LogP contribution in [0.4, 0.5) is 13.2 Å². The van der Waals surface area contributed by atoms with E-state index in [1.807, 2.05) is 0 Å². The van der Waals surface area contributed by atoms with Crippen molar-refractivity contribution in [2.45, 2.75) is 93.2 Å². The number of aliphatic hydroxyl groups excluding tert-OH is 1. The van der Waals surface area contributed by atoms with E-state index in [4.69, 9.17) is 21.1 Å². The summed E-state index contributed by atoms with van der Waals surface area (Å²) in [6.07, 6.45) is -6.05. The molecule has 13 heteroatoms. The summed E-state index contributed by atoms with van der Waals surface area (Å²) in [4.78, 5) is 38.1. The van der Waals surface area contributed by atoms with Crippen LogP contribution in [-0.2, 0) is 19.1 Å². The third kappa shape index (κ3) is 5.63. The Balaban J connectivity index is 1.11. The molecule has 6 rings (SSSR count). The number of benzene rings is 1. The monoisotopic (exact) mass is 560 g/mol. The van der Waals surface area contributed by atoms with Crippen LogP contribution >= 0.6 is 11.6 Å². The zero-order chi connectivity index (χ0) is 27.3. The van der Waals surface area contributed by atoms with E-state index in [9.17, 15) is 32.7 Å². The second-order valence-electron chi connectivity index (χ2n) is 10.7. The number of halogens is 4. The largest absolute Gasteiger partial charge is 0.522 e. The van der Waals surface area contributed by atoms with Crippen molar-refractivity contribution in [3.05, 3.63) is 28.8 Å². The van der Waals surface area contributed by atoms with E-state index in [1.54, 1.807) is 12.1 Å². The number of carbonyl (C=O) groups is 3. The quantitative estimate of drug-likeness (QED) is 0.468. The lowest BCUT2D eigenvalue weighted by Gasteiger charge is -2.56. The van der Waals surface area contributed by atoms with E-state index < -0.39 is 53.7 Å². The van der Waals surface area contributed by atoms with Gasteiger partial charge in [-0.15, -0.1) is 13.2 Å². The van der Waals surface area contributed by atoms with Crippen LogP contribution in [0.3, 0.4) is 0 Å². The van der Waals surface area contributed by atoms with Gasteiger partial charge in [0, 0.05) is 23.4 Å². The summed E-state index contributed by atoms with van der Waals surface area (Å²) in [6, 6.07) is 4.64. The van der Waals surface area contributed by atoms with Crippen molar-refractivity contribution in [1.82, 2.24) is 10.6 Å². The molecule has 38 heavy (non-hydrogen) atoms. The lowest BCUT2D eigenvalue weighted by Crippen LogP contribution is -2.71. The van der Waals surface area contributed by atoms with E-state index in [-0.39, 0.29) is 38.1 Å². The number of aliphatic hydroxyl groups is 1. The van der Waals surface area contributed by atoms with Crippen LogP contribution in [0.5, 0.6) is 5.75 Å². The maximum Gasteiger partial charge on any atom is 0.522 e. The first-order chi connectivity index (χ1) is 17.9. The number of hydrogen-bond donors (Lipinski definition) is 3. The Bertz CT molecular complexity index is 1120. The maximum atomic E-state index is 13.1. The first-order valence-electron chi connectivity index (χ1n) is 12.5. The van der Waals surface area contributed by atoms with E-state index in [0.717, 1.165) is 0 Å². The molecule has 2 amide bonds. The van der Waals surface area contributed by atoms with Crippen LogP contribution < -0.4 is 15.4 Å². The predicted molar refractivity (Wildman–Crippen MR) is 126 cm³/mol. The minimum absolute atomic E-state index is 0.0540. The lowest BCUT2D eigenvalue weighted by atomic mass is 9.59. The Morgan fingerprint density at radius 2 is 1.84 bits per heavy atom. The van der Waals surface area contributed by atoms with Gasteiger partial charge < -0.3 is 25.2 Å². The minimum Gasteiger partial charge on any atom is -0.479 e. The fourth-order valence-corrected chi connectivity index (χ4v) is 6.06. The highest BCUT2D eigenvalue weighted by atomic mass is 35.5. The van der Waals surface area contributed by atoms with Gasteiger partial charge in [0.15, 0.2) is 11.9 Å². The van der Waals surface area contributed by atoms with Gasteiger partial charge in [-0.1, -0.05) is 11.6 Å². The van der Waals surface area contributed by atoms with Crippen molar-refractivity contribution in [2.75, 3.05) is 6.61 Å². The first-order valence-corrected chi connectivity index (χ1v) is 12.9. The number of nitrogens with one attached hydrogen (secondary N) is 2. The molecule has 0 aromatic heterocycles. The fourth-order valence-electron chi connectivity index (χ4n) is 5.89. The number of amides is 2. The highest BCUT2D eigenvalue weighted by Crippen LogP contribution is 2.47. The third-order valence-electron chi connectivity index (χ3n) is 8.07. The molecule has 3 N–H and O–H groups in total. The number of fused-ring (bicyclic) bond motifs is 4. The molecule has 4 aliphatic carbocycles. The average molecular weight is 561 g/mol. The molecule has 4 fully saturated rings. The molecule has 1 aromatic rings.